The van der Waals surface area contributed by atoms with Gasteiger partial charge in [-0.2, -0.15) is 4.99 Å². The van der Waals surface area contributed by atoms with Crippen LogP contribution in [0.2, 0.25) is 0 Å². The van der Waals surface area contributed by atoms with Gasteiger partial charge in [-0.05, 0) is 47.6 Å². The SMILES string of the molecule is CCOC(=O)Cn1c(=NC(=O)Cc2ccc(C(C)C)cc2)sc2cc(C(C)C)ccc21. The molecule has 2 aromatic carbocycles. The van der Waals surface area contributed by atoms with Crippen molar-refractivity contribution in [1.82, 2.24) is 4.57 Å². The Hall–Kier alpha value is -2.73. The van der Waals surface area contributed by atoms with Gasteiger partial charge in [-0.15, -0.1) is 0 Å². The molecule has 0 saturated heterocycles. The number of esters is 1. The van der Waals surface area contributed by atoms with Crippen molar-refractivity contribution in [2.45, 2.75) is 59.4 Å². The summed E-state index contributed by atoms with van der Waals surface area (Å²) in [5.41, 5.74) is 4.26. The minimum atomic E-state index is -0.340. The molecule has 1 aromatic heterocycles. The van der Waals surface area contributed by atoms with Crippen LogP contribution in [0.15, 0.2) is 47.5 Å². The zero-order chi connectivity index (χ0) is 22.5. The van der Waals surface area contributed by atoms with E-state index in [2.05, 4.69) is 57.0 Å². The maximum atomic E-state index is 12.7. The normalized spacial score (nSPS) is 12.2. The first-order valence-electron chi connectivity index (χ1n) is 10.7. The molecule has 0 fully saturated rings. The van der Waals surface area contributed by atoms with Crippen molar-refractivity contribution in [2.24, 2.45) is 4.99 Å². The highest BCUT2D eigenvalue weighted by Crippen LogP contribution is 2.24. The molecule has 0 bridgehead atoms. The summed E-state index contributed by atoms with van der Waals surface area (Å²) in [6, 6.07) is 14.2. The number of hydrogen-bond donors (Lipinski definition) is 0. The second-order valence-electron chi connectivity index (χ2n) is 8.24. The van der Waals surface area contributed by atoms with Gasteiger partial charge in [0.15, 0.2) is 4.80 Å². The van der Waals surface area contributed by atoms with Gasteiger partial charge in [0.2, 0.25) is 0 Å². The molecule has 0 spiro atoms. The molecular weight excluding hydrogens is 408 g/mol. The molecule has 31 heavy (non-hydrogen) atoms. The van der Waals surface area contributed by atoms with Crippen LogP contribution < -0.4 is 4.80 Å². The van der Waals surface area contributed by atoms with E-state index in [4.69, 9.17) is 4.74 Å². The number of rotatable bonds is 7. The fourth-order valence-electron chi connectivity index (χ4n) is 3.36. The van der Waals surface area contributed by atoms with Crippen LogP contribution in [0.3, 0.4) is 0 Å². The van der Waals surface area contributed by atoms with Gasteiger partial charge in [0.25, 0.3) is 5.91 Å². The number of ether oxygens (including phenoxy) is 1. The van der Waals surface area contributed by atoms with Crippen molar-refractivity contribution in [3.05, 3.63) is 64.0 Å². The molecule has 164 valence electrons. The predicted octanol–water partition coefficient (Wildman–Crippen LogP) is 5.18. The maximum Gasteiger partial charge on any atom is 0.326 e. The number of carbonyl (C=O) groups excluding carboxylic acids is 2. The molecule has 0 saturated carbocycles. The zero-order valence-electron chi connectivity index (χ0n) is 18.8. The highest BCUT2D eigenvalue weighted by Gasteiger charge is 2.14. The summed E-state index contributed by atoms with van der Waals surface area (Å²) in [7, 11) is 0. The number of nitrogens with zero attached hydrogens (tertiary/aromatic N) is 2. The molecule has 3 rings (SSSR count). The molecule has 0 aliphatic heterocycles. The fourth-order valence-corrected chi connectivity index (χ4v) is 4.46. The van der Waals surface area contributed by atoms with E-state index < -0.39 is 0 Å². The van der Waals surface area contributed by atoms with Crippen LogP contribution in [0.1, 0.15) is 63.1 Å². The molecule has 3 aromatic rings. The van der Waals surface area contributed by atoms with Crippen molar-refractivity contribution in [1.29, 1.82) is 0 Å². The third-order valence-electron chi connectivity index (χ3n) is 5.19. The fraction of sp³-hybridized carbons (Fsp3) is 0.400. The van der Waals surface area contributed by atoms with Gasteiger partial charge in [-0.3, -0.25) is 9.59 Å². The van der Waals surface area contributed by atoms with E-state index in [9.17, 15) is 9.59 Å². The number of thiazole rings is 1. The summed E-state index contributed by atoms with van der Waals surface area (Å²) >= 11 is 1.43. The summed E-state index contributed by atoms with van der Waals surface area (Å²) in [6.07, 6.45) is 0.225. The lowest BCUT2D eigenvalue weighted by Gasteiger charge is -2.07. The van der Waals surface area contributed by atoms with Gasteiger partial charge in [0, 0.05) is 0 Å². The molecule has 1 heterocycles. The second kappa shape index (κ2) is 10.1. The average Bonchev–Trinajstić information content (AvgIpc) is 3.04. The molecule has 0 unspecified atom stereocenters. The Morgan fingerprint density at radius 3 is 2.26 bits per heavy atom. The zero-order valence-corrected chi connectivity index (χ0v) is 19.7. The second-order valence-corrected chi connectivity index (χ2v) is 9.25. The summed E-state index contributed by atoms with van der Waals surface area (Å²) in [4.78, 5) is 29.8. The van der Waals surface area contributed by atoms with Gasteiger partial charge in [0.05, 0.1) is 23.2 Å². The molecule has 0 atom stereocenters. The minimum absolute atomic E-state index is 0.0318. The third kappa shape index (κ3) is 5.70. The monoisotopic (exact) mass is 438 g/mol. The van der Waals surface area contributed by atoms with E-state index in [0.29, 0.717) is 23.2 Å². The first-order valence-corrected chi connectivity index (χ1v) is 11.6. The third-order valence-corrected chi connectivity index (χ3v) is 6.23. The van der Waals surface area contributed by atoms with Gasteiger partial charge in [-0.25, -0.2) is 0 Å². The van der Waals surface area contributed by atoms with Crippen molar-refractivity contribution in [3.8, 4) is 0 Å². The van der Waals surface area contributed by atoms with Crippen molar-refractivity contribution >= 4 is 33.4 Å². The van der Waals surface area contributed by atoms with Crippen molar-refractivity contribution in [2.75, 3.05) is 6.61 Å². The number of benzene rings is 2. The van der Waals surface area contributed by atoms with Gasteiger partial charge in [-0.1, -0.05) is 69.4 Å². The highest BCUT2D eigenvalue weighted by molar-refractivity contribution is 7.16. The van der Waals surface area contributed by atoms with Gasteiger partial charge >= 0.3 is 5.97 Å². The van der Waals surface area contributed by atoms with Crippen LogP contribution >= 0.6 is 11.3 Å². The average molecular weight is 439 g/mol. The Bertz CT molecular complexity index is 1140. The Labute approximate surface area is 187 Å². The van der Waals surface area contributed by atoms with E-state index in [0.717, 1.165) is 15.8 Å². The van der Waals surface area contributed by atoms with Gasteiger partial charge < -0.3 is 9.30 Å². The Balaban J connectivity index is 1.96. The lowest BCUT2D eigenvalue weighted by Crippen LogP contribution is -2.23. The molecule has 1 amide bonds. The largest absolute Gasteiger partial charge is 0.465 e. The number of hydrogen-bond acceptors (Lipinski definition) is 4. The summed E-state index contributed by atoms with van der Waals surface area (Å²) in [5, 5.41) is 0. The first-order chi connectivity index (χ1) is 14.8. The Morgan fingerprint density at radius 1 is 1.00 bits per heavy atom. The predicted molar refractivity (Wildman–Crippen MR) is 125 cm³/mol. The van der Waals surface area contributed by atoms with Crippen LogP contribution in [-0.2, 0) is 27.3 Å². The van der Waals surface area contributed by atoms with Crippen LogP contribution in [0.25, 0.3) is 10.2 Å². The lowest BCUT2D eigenvalue weighted by atomic mass is 10.0. The molecule has 0 aliphatic carbocycles. The van der Waals surface area contributed by atoms with Crippen LogP contribution in [0.5, 0.6) is 0 Å². The maximum absolute atomic E-state index is 12.7. The Kier molecular flexibility index (Phi) is 7.44. The molecule has 0 aliphatic rings. The summed E-state index contributed by atoms with van der Waals surface area (Å²) in [5.74, 6) is 0.269. The van der Waals surface area contributed by atoms with E-state index >= 15 is 0 Å². The van der Waals surface area contributed by atoms with Crippen LogP contribution in [0.4, 0.5) is 0 Å². The Morgan fingerprint density at radius 2 is 1.65 bits per heavy atom. The summed E-state index contributed by atoms with van der Waals surface area (Å²) in [6.45, 7) is 10.7. The van der Waals surface area contributed by atoms with E-state index in [1.807, 2.05) is 18.2 Å². The van der Waals surface area contributed by atoms with E-state index in [1.54, 1.807) is 11.5 Å². The molecule has 0 radical (unpaired) electrons. The van der Waals surface area contributed by atoms with E-state index in [1.165, 1.54) is 22.5 Å². The summed E-state index contributed by atoms with van der Waals surface area (Å²) < 4.78 is 7.91. The molecule has 6 heteroatoms. The number of carbonyl (C=O) groups is 2. The lowest BCUT2D eigenvalue weighted by molar-refractivity contribution is -0.143. The smallest absolute Gasteiger partial charge is 0.326 e. The topological polar surface area (TPSA) is 60.7 Å². The molecule has 0 N–H and O–H groups in total. The number of fused-ring (bicyclic) bond motifs is 1. The number of aromatic nitrogens is 1. The van der Waals surface area contributed by atoms with Crippen molar-refractivity contribution in [3.63, 3.8) is 0 Å². The highest BCUT2D eigenvalue weighted by atomic mass is 32.1. The quantitative estimate of drug-likeness (QED) is 0.477. The van der Waals surface area contributed by atoms with Gasteiger partial charge in [0.1, 0.15) is 6.54 Å². The first kappa shape index (κ1) is 22.9. The number of amides is 1. The van der Waals surface area contributed by atoms with Crippen LogP contribution in [-0.4, -0.2) is 23.1 Å². The molecule has 5 nitrogen and oxygen atoms in total. The van der Waals surface area contributed by atoms with Crippen LogP contribution in [0, 0.1) is 0 Å². The van der Waals surface area contributed by atoms with E-state index in [-0.39, 0.29) is 24.8 Å². The standard InChI is InChI=1S/C25H30N2O3S/c1-6-30-24(29)15-27-21-12-11-20(17(4)5)14-22(21)31-25(27)26-23(28)13-18-7-9-19(10-8-18)16(2)3/h7-12,14,16-17H,6,13,15H2,1-5H3. The molecular formula is C25H30N2O3S. The van der Waals surface area contributed by atoms with Crippen molar-refractivity contribution < 1.29 is 14.3 Å². The minimum Gasteiger partial charge on any atom is -0.465 e.